The van der Waals surface area contributed by atoms with Gasteiger partial charge in [-0.2, -0.15) is 0 Å². The molecule has 146 valence electrons. The van der Waals surface area contributed by atoms with Crippen LogP contribution in [0, 0.1) is 0 Å². The second-order valence-electron chi connectivity index (χ2n) is 7.06. The van der Waals surface area contributed by atoms with E-state index >= 15 is 0 Å². The van der Waals surface area contributed by atoms with Gasteiger partial charge in [0.15, 0.2) is 5.78 Å². The summed E-state index contributed by atoms with van der Waals surface area (Å²) < 4.78 is 5.22. The molecule has 0 saturated carbocycles. The molecule has 0 unspecified atom stereocenters. The van der Waals surface area contributed by atoms with Crippen LogP contribution in [0.25, 0.3) is 22.0 Å². The molecule has 6 nitrogen and oxygen atoms in total. The smallest absolute Gasteiger partial charge is 0.229 e. The Hall–Kier alpha value is -3.54. The predicted octanol–water partition coefficient (Wildman–Crippen LogP) is 3.76. The lowest BCUT2D eigenvalue weighted by Crippen LogP contribution is -2.28. The fourth-order valence-corrected chi connectivity index (χ4v) is 3.54. The normalized spacial score (nSPS) is 13.9. The minimum atomic E-state index is -0.153. The Morgan fingerprint density at radius 1 is 1.03 bits per heavy atom. The summed E-state index contributed by atoms with van der Waals surface area (Å²) in [5.74, 6) is 0.317. The number of benzene rings is 2. The quantitative estimate of drug-likeness (QED) is 0.491. The Labute approximate surface area is 168 Å². The van der Waals surface area contributed by atoms with Crippen molar-refractivity contribution in [1.29, 1.82) is 0 Å². The van der Waals surface area contributed by atoms with Gasteiger partial charge in [-0.3, -0.25) is 19.3 Å². The highest BCUT2D eigenvalue weighted by Crippen LogP contribution is 2.31. The van der Waals surface area contributed by atoms with Crippen molar-refractivity contribution in [2.45, 2.75) is 26.3 Å². The van der Waals surface area contributed by atoms with Crippen molar-refractivity contribution in [1.82, 2.24) is 9.88 Å². The Balaban J connectivity index is 1.80. The van der Waals surface area contributed by atoms with E-state index in [1.54, 1.807) is 13.2 Å². The molecule has 3 aromatic rings. The Kier molecular flexibility index (Phi) is 4.84. The third-order valence-electron chi connectivity index (χ3n) is 5.13. The number of pyridine rings is 1. The zero-order chi connectivity index (χ0) is 20.5. The van der Waals surface area contributed by atoms with Crippen molar-refractivity contribution in [2.24, 2.45) is 0 Å². The van der Waals surface area contributed by atoms with Crippen LogP contribution < -0.4 is 4.74 Å². The summed E-state index contributed by atoms with van der Waals surface area (Å²) >= 11 is 0. The molecule has 1 fully saturated rings. The molecule has 0 radical (unpaired) electrons. The number of methoxy groups -OCH3 is 1. The third-order valence-corrected chi connectivity index (χ3v) is 5.13. The largest absolute Gasteiger partial charge is 0.497 e. The first-order valence-corrected chi connectivity index (χ1v) is 9.38. The second kappa shape index (κ2) is 7.47. The highest BCUT2D eigenvalue weighted by atomic mass is 16.5. The number of aromatic nitrogens is 1. The van der Waals surface area contributed by atoms with Crippen molar-refractivity contribution in [3.63, 3.8) is 0 Å². The van der Waals surface area contributed by atoms with Crippen LogP contribution in [0.3, 0.4) is 0 Å². The van der Waals surface area contributed by atoms with Gasteiger partial charge in [-0.15, -0.1) is 0 Å². The molecule has 1 aromatic heterocycles. The van der Waals surface area contributed by atoms with E-state index in [0.717, 1.165) is 27.8 Å². The van der Waals surface area contributed by atoms with Gasteiger partial charge in [0, 0.05) is 25.2 Å². The van der Waals surface area contributed by atoms with Gasteiger partial charge >= 0.3 is 0 Å². The molecule has 2 aromatic carbocycles. The third kappa shape index (κ3) is 3.61. The molecular weight excluding hydrogens is 368 g/mol. The zero-order valence-electron chi connectivity index (χ0n) is 16.3. The van der Waals surface area contributed by atoms with E-state index in [2.05, 4.69) is 4.98 Å². The Morgan fingerprint density at radius 2 is 1.72 bits per heavy atom. The molecule has 0 N–H and O–H groups in total. The second-order valence-corrected chi connectivity index (χ2v) is 7.06. The number of imide groups is 1. The number of nitrogens with zero attached hydrogens (tertiary/aromatic N) is 2. The maximum atomic E-state index is 12.0. The summed E-state index contributed by atoms with van der Waals surface area (Å²) in [6.07, 6.45) is 0.529. The molecule has 2 amide bonds. The van der Waals surface area contributed by atoms with E-state index in [-0.39, 0.29) is 37.0 Å². The number of hydrogen-bond acceptors (Lipinski definition) is 5. The van der Waals surface area contributed by atoms with Crippen LogP contribution in [0.2, 0.25) is 0 Å². The average molecular weight is 388 g/mol. The van der Waals surface area contributed by atoms with E-state index in [1.165, 1.54) is 11.8 Å². The molecule has 6 heteroatoms. The van der Waals surface area contributed by atoms with Gasteiger partial charge in [0.05, 0.1) is 19.2 Å². The van der Waals surface area contributed by atoms with Crippen molar-refractivity contribution >= 4 is 28.5 Å². The molecule has 0 bridgehead atoms. The zero-order valence-corrected chi connectivity index (χ0v) is 16.3. The maximum absolute atomic E-state index is 12.0. The van der Waals surface area contributed by atoms with E-state index in [0.29, 0.717) is 11.2 Å². The van der Waals surface area contributed by atoms with Gasteiger partial charge in [-0.05, 0) is 41.0 Å². The highest BCUT2D eigenvalue weighted by molar-refractivity contribution is 6.03. The van der Waals surface area contributed by atoms with E-state index in [4.69, 9.17) is 4.74 Å². The van der Waals surface area contributed by atoms with Crippen LogP contribution in [0.15, 0.2) is 48.5 Å². The van der Waals surface area contributed by atoms with Gasteiger partial charge < -0.3 is 4.74 Å². The summed E-state index contributed by atoms with van der Waals surface area (Å²) in [7, 11) is 1.61. The summed E-state index contributed by atoms with van der Waals surface area (Å²) in [6, 6.07) is 15.1. The van der Waals surface area contributed by atoms with Crippen molar-refractivity contribution in [2.75, 3.05) is 7.11 Å². The minimum absolute atomic E-state index is 0.128. The number of ether oxygens (including phenoxy) is 1. The molecule has 0 aliphatic carbocycles. The lowest BCUT2D eigenvalue weighted by Gasteiger charge is -2.15. The van der Waals surface area contributed by atoms with Crippen LogP contribution >= 0.6 is 0 Å². The summed E-state index contributed by atoms with van der Waals surface area (Å²) in [5.41, 5.74) is 3.66. The first-order chi connectivity index (χ1) is 14.0. The molecular formula is C23H20N2O4. The number of Topliss-reactive ketones (excluding diaryl/α,β-unsaturated/α-hetero) is 1. The number of likely N-dealkylation sites (tertiary alicyclic amines) is 1. The first kappa shape index (κ1) is 18.8. The van der Waals surface area contributed by atoms with Crippen LogP contribution in [0.1, 0.15) is 35.8 Å². The van der Waals surface area contributed by atoms with Crippen LogP contribution in [0.5, 0.6) is 5.75 Å². The monoisotopic (exact) mass is 388 g/mol. The summed E-state index contributed by atoms with van der Waals surface area (Å²) in [4.78, 5) is 41.7. The molecule has 0 spiro atoms. The van der Waals surface area contributed by atoms with Crippen LogP contribution in [0.4, 0.5) is 0 Å². The summed E-state index contributed by atoms with van der Waals surface area (Å²) in [5, 5.41) is 0.892. The van der Waals surface area contributed by atoms with Crippen molar-refractivity contribution in [3.05, 3.63) is 59.8 Å². The SMILES string of the molecule is COc1ccc(-c2cc(C(C)=O)nc3cc(CN4C(=O)CCC4=O)ccc23)cc1. The fraction of sp³-hybridized carbons (Fsp3) is 0.217. The van der Waals surface area contributed by atoms with E-state index in [9.17, 15) is 14.4 Å². The number of hydrogen-bond donors (Lipinski definition) is 0. The van der Waals surface area contributed by atoms with E-state index < -0.39 is 0 Å². The van der Waals surface area contributed by atoms with Gasteiger partial charge in [0.25, 0.3) is 0 Å². The number of carbonyl (C=O) groups is 3. The molecule has 29 heavy (non-hydrogen) atoms. The van der Waals surface area contributed by atoms with Crippen LogP contribution in [-0.2, 0) is 16.1 Å². The van der Waals surface area contributed by atoms with Gasteiger partial charge in [0.1, 0.15) is 11.4 Å². The first-order valence-electron chi connectivity index (χ1n) is 9.38. The number of fused-ring (bicyclic) bond motifs is 1. The van der Waals surface area contributed by atoms with Gasteiger partial charge in [0.2, 0.25) is 11.8 Å². The number of rotatable bonds is 5. The van der Waals surface area contributed by atoms with Crippen molar-refractivity contribution in [3.8, 4) is 16.9 Å². The minimum Gasteiger partial charge on any atom is -0.497 e. The molecule has 4 rings (SSSR count). The van der Waals surface area contributed by atoms with E-state index in [1.807, 2.05) is 42.5 Å². The van der Waals surface area contributed by atoms with Crippen LogP contribution in [-0.4, -0.2) is 34.6 Å². The molecule has 1 aliphatic heterocycles. The van der Waals surface area contributed by atoms with Crippen molar-refractivity contribution < 1.29 is 19.1 Å². The number of amides is 2. The maximum Gasteiger partial charge on any atom is 0.229 e. The Morgan fingerprint density at radius 3 is 2.34 bits per heavy atom. The average Bonchev–Trinajstić information content (AvgIpc) is 3.04. The van der Waals surface area contributed by atoms with Gasteiger partial charge in [-0.25, -0.2) is 4.98 Å². The Bertz CT molecular complexity index is 1120. The standard InChI is InChI=1S/C23H20N2O4/c1-14(26)20-12-19(16-4-6-17(29-2)7-5-16)18-8-3-15(11-21(18)24-20)13-25-22(27)9-10-23(25)28/h3-8,11-12H,9-10,13H2,1-2H3. The lowest BCUT2D eigenvalue weighted by molar-refractivity contribution is -0.139. The molecule has 1 aliphatic rings. The molecule has 0 atom stereocenters. The topological polar surface area (TPSA) is 76.6 Å². The number of carbonyl (C=O) groups excluding carboxylic acids is 3. The summed E-state index contributed by atoms with van der Waals surface area (Å²) in [6.45, 7) is 1.70. The molecule has 2 heterocycles. The highest BCUT2D eigenvalue weighted by Gasteiger charge is 2.28. The van der Waals surface area contributed by atoms with Gasteiger partial charge in [-0.1, -0.05) is 24.3 Å². The molecule has 1 saturated heterocycles. The predicted molar refractivity (Wildman–Crippen MR) is 109 cm³/mol. The number of ketones is 1. The fourth-order valence-electron chi connectivity index (χ4n) is 3.54. The lowest BCUT2D eigenvalue weighted by atomic mass is 9.98.